The predicted molar refractivity (Wildman–Crippen MR) is 105 cm³/mol. The van der Waals surface area contributed by atoms with E-state index in [9.17, 15) is 9.59 Å². The fourth-order valence-electron chi connectivity index (χ4n) is 2.65. The van der Waals surface area contributed by atoms with Crippen LogP contribution < -0.4 is 20.5 Å². The minimum Gasteiger partial charge on any atom is -0.481 e. The lowest BCUT2D eigenvalue weighted by Crippen LogP contribution is -2.39. The molecule has 0 atom stereocenters. The first-order chi connectivity index (χ1) is 13.4. The molecule has 0 saturated carbocycles. The van der Waals surface area contributed by atoms with Crippen molar-refractivity contribution in [1.82, 2.24) is 10.2 Å². The molecule has 0 spiro atoms. The number of aliphatic carboxylic acids is 1. The van der Waals surface area contributed by atoms with Crippen LogP contribution in [0.2, 0.25) is 10.0 Å². The lowest BCUT2D eigenvalue weighted by atomic mass is 10.3. The van der Waals surface area contributed by atoms with Crippen molar-refractivity contribution < 1.29 is 19.4 Å². The van der Waals surface area contributed by atoms with Crippen LogP contribution in [0, 0.1) is 0 Å². The number of nitrogens with one attached hydrogen (secondary N) is 2. The SMILES string of the molecule is O=C(O)CCNc1cc(Cl)c(Oc2cc(N3CCOCC3)c(=O)[nH]n2)c(Cl)c1. The van der Waals surface area contributed by atoms with Crippen molar-refractivity contribution in [2.75, 3.05) is 43.1 Å². The van der Waals surface area contributed by atoms with E-state index in [1.165, 1.54) is 6.07 Å². The second-order valence-electron chi connectivity index (χ2n) is 5.96. The van der Waals surface area contributed by atoms with Gasteiger partial charge in [-0.25, -0.2) is 5.10 Å². The molecule has 1 aliphatic rings. The summed E-state index contributed by atoms with van der Waals surface area (Å²) in [4.78, 5) is 24.6. The fourth-order valence-corrected chi connectivity index (χ4v) is 3.21. The van der Waals surface area contributed by atoms with E-state index in [-0.39, 0.29) is 40.2 Å². The fraction of sp³-hybridized carbons (Fsp3) is 0.353. The zero-order chi connectivity index (χ0) is 20.1. The van der Waals surface area contributed by atoms with Crippen molar-refractivity contribution in [1.29, 1.82) is 0 Å². The number of ether oxygens (including phenoxy) is 2. The van der Waals surface area contributed by atoms with Crippen LogP contribution >= 0.6 is 23.2 Å². The van der Waals surface area contributed by atoms with Crippen LogP contribution in [0.15, 0.2) is 23.0 Å². The first-order valence-corrected chi connectivity index (χ1v) is 9.24. The van der Waals surface area contributed by atoms with Gasteiger partial charge in [0.2, 0.25) is 5.88 Å². The quantitative estimate of drug-likeness (QED) is 0.615. The number of aromatic nitrogens is 2. The molecule has 1 aromatic heterocycles. The minimum atomic E-state index is -0.912. The van der Waals surface area contributed by atoms with Crippen LogP contribution in [-0.4, -0.2) is 54.1 Å². The lowest BCUT2D eigenvalue weighted by molar-refractivity contribution is -0.136. The topological polar surface area (TPSA) is 117 Å². The molecular weight excluding hydrogens is 411 g/mol. The Labute approximate surface area is 170 Å². The molecule has 0 radical (unpaired) electrons. The number of carboxylic acids is 1. The summed E-state index contributed by atoms with van der Waals surface area (Å²) in [6.45, 7) is 2.47. The molecule has 28 heavy (non-hydrogen) atoms. The maximum absolute atomic E-state index is 12.1. The van der Waals surface area contributed by atoms with Crippen LogP contribution in [0.25, 0.3) is 0 Å². The van der Waals surface area contributed by atoms with Gasteiger partial charge in [-0.2, -0.15) is 0 Å². The monoisotopic (exact) mass is 428 g/mol. The standard InChI is InChI=1S/C17H18Cl2N4O5/c18-11-7-10(20-2-1-15(24)25)8-12(19)16(11)28-14-9-13(17(26)22-21-14)23-3-5-27-6-4-23/h7-9,20H,1-6H2,(H,22,26)(H,24,25). The van der Waals surface area contributed by atoms with Gasteiger partial charge in [-0.15, -0.1) is 5.10 Å². The zero-order valence-electron chi connectivity index (χ0n) is 14.7. The summed E-state index contributed by atoms with van der Waals surface area (Å²) in [5.74, 6) is -0.596. The number of hydrogen-bond acceptors (Lipinski definition) is 7. The molecule has 0 unspecified atom stereocenters. The second kappa shape index (κ2) is 9.13. The molecule has 11 heteroatoms. The van der Waals surface area contributed by atoms with Crippen molar-refractivity contribution >= 4 is 40.5 Å². The first-order valence-electron chi connectivity index (χ1n) is 8.49. The van der Waals surface area contributed by atoms with Gasteiger partial charge >= 0.3 is 5.97 Å². The Morgan fingerprint density at radius 3 is 2.61 bits per heavy atom. The highest BCUT2D eigenvalue weighted by Crippen LogP contribution is 2.38. The van der Waals surface area contributed by atoms with E-state index in [4.69, 9.17) is 37.8 Å². The first kappa shape index (κ1) is 20.2. The maximum Gasteiger partial charge on any atom is 0.305 e. The number of anilines is 2. The highest BCUT2D eigenvalue weighted by Gasteiger charge is 2.18. The third kappa shape index (κ3) is 5.06. The van der Waals surface area contributed by atoms with E-state index >= 15 is 0 Å². The molecule has 2 heterocycles. The molecule has 1 saturated heterocycles. The van der Waals surface area contributed by atoms with Crippen LogP contribution in [0.3, 0.4) is 0 Å². The van der Waals surface area contributed by atoms with Gasteiger partial charge in [0.1, 0.15) is 5.69 Å². The average Bonchev–Trinajstić information content (AvgIpc) is 2.66. The van der Waals surface area contributed by atoms with E-state index in [0.29, 0.717) is 37.7 Å². The summed E-state index contributed by atoms with van der Waals surface area (Å²) >= 11 is 12.5. The Kier molecular flexibility index (Phi) is 6.61. The van der Waals surface area contributed by atoms with E-state index in [1.54, 1.807) is 12.1 Å². The van der Waals surface area contributed by atoms with Crippen LogP contribution in [0.4, 0.5) is 11.4 Å². The summed E-state index contributed by atoms with van der Waals surface area (Å²) in [6.07, 6.45) is -0.0426. The molecule has 1 fully saturated rings. The van der Waals surface area contributed by atoms with Crippen molar-refractivity contribution in [3.8, 4) is 11.6 Å². The second-order valence-corrected chi connectivity index (χ2v) is 6.78. The van der Waals surface area contributed by atoms with Crippen molar-refractivity contribution in [3.05, 3.63) is 38.6 Å². The van der Waals surface area contributed by atoms with Gasteiger partial charge < -0.3 is 24.8 Å². The number of H-pyrrole nitrogens is 1. The van der Waals surface area contributed by atoms with E-state index in [0.717, 1.165) is 0 Å². The molecule has 3 rings (SSSR count). The third-order valence-electron chi connectivity index (χ3n) is 3.99. The number of benzene rings is 1. The van der Waals surface area contributed by atoms with Gasteiger partial charge in [0.15, 0.2) is 5.75 Å². The zero-order valence-corrected chi connectivity index (χ0v) is 16.2. The number of carbonyl (C=O) groups is 1. The molecule has 0 aliphatic carbocycles. The van der Waals surface area contributed by atoms with Gasteiger partial charge in [0, 0.05) is 31.4 Å². The van der Waals surface area contributed by atoms with E-state index < -0.39 is 5.97 Å². The van der Waals surface area contributed by atoms with Gasteiger partial charge in [-0.3, -0.25) is 9.59 Å². The van der Waals surface area contributed by atoms with E-state index in [1.807, 2.05) is 4.90 Å². The van der Waals surface area contributed by atoms with Crippen LogP contribution in [-0.2, 0) is 9.53 Å². The van der Waals surface area contributed by atoms with Crippen LogP contribution in [0.5, 0.6) is 11.6 Å². The molecular formula is C17H18Cl2N4O5. The Morgan fingerprint density at radius 2 is 1.96 bits per heavy atom. The van der Waals surface area contributed by atoms with Crippen molar-refractivity contribution in [2.24, 2.45) is 0 Å². The lowest BCUT2D eigenvalue weighted by Gasteiger charge is -2.27. The number of halogens is 2. The Balaban J connectivity index is 1.77. The Hall–Kier alpha value is -2.49. The summed E-state index contributed by atoms with van der Waals surface area (Å²) in [7, 11) is 0. The smallest absolute Gasteiger partial charge is 0.305 e. The van der Waals surface area contributed by atoms with Gasteiger partial charge in [-0.05, 0) is 12.1 Å². The molecule has 1 aromatic carbocycles. The highest BCUT2D eigenvalue weighted by molar-refractivity contribution is 6.37. The van der Waals surface area contributed by atoms with E-state index in [2.05, 4.69) is 15.5 Å². The molecule has 2 aromatic rings. The number of aromatic amines is 1. The number of rotatable bonds is 7. The van der Waals surface area contributed by atoms with Crippen molar-refractivity contribution in [2.45, 2.75) is 6.42 Å². The summed E-state index contributed by atoms with van der Waals surface area (Å²) in [5, 5.41) is 18.3. The van der Waals surface area contributed by atoms with Crippen molar-refractivity contribution in [3.63, 3.8) is 0 Å². The summed E-state index contributed by atoms with van der Waals surface area (Å²) < 4.78 is 11.0. The highest BCUT2D eigenvalue weighted by atomic mass is 35.5. The maximum atomic E-state index is 12.1. The normalized spacial score (nSPS) is 14.0. The molecule has 0 amide bonds. The Morgan fingerprint density at radius 1 is 1.29 bits per heavy atom. The van der Waals surface area contributed by atoms with Gasteiger partial charge in [-0.1, -0.05) is 23.2 Å². The summed E-state index contributed by atoms with van der Waals surface area (Å²) in [6, 6.07) is 4.66. The van der Waals surface area contributed by atoms with Gasteiger partial charge in [0.05, 0.1) is 29.7 Å². The molecule has 150 valence electrons. The number of carboxylic acid groups (broad SMARTS) is 1. The average molecular weight is 429 g/mol. The number of nitrogens with zero attached hydrogens (tertiary/aromatic N) is 2. The Bertz CT molecular complexity index is 892. The third-order valence-corrected chi connectivity index (χ3v) is 4.55. The molecule has 0 bridgehead atoms. The summed E-state index contributed by atoms with van der Waals surface area (Å²) in [5.41, 5.74) is 0.656. The molecule has 1 aliphatic heterocycles. The molecule has 9 nitrogen and oxygen atoms in total. The number of hydrogen-bond donors (Lipinski definition) is 3. The van der Waals surface area contributed by atoms with Crippen LogP contribution in [0.1, 0.15) is 6.42 Å². The molecule has 3 N–H and O–H groups in total. The largest absolute Gasteiger partial charge is 0.481 e. The predicted octanol–water partition coefficient (Wildman–Crippen LogP) is 2.59. The van der Waals surface area contributed by atoms with Gasteiger partial charge in [0.25, 0.3) is 5.56 Å². The minimum absolute atomic E-state index is 0.0426. The number of morpholine rings is 1.